The molecule has 7 aromatic rings. The van der Waals surface area contributed by atoms with Crippen LogP contribution in [-0.4, -0.2) is 193 Å². The Bertz CT molecular complexity index is 3150. The van der Waals surface area contributed by atoms with Gasteiger partial charge in [0.15, 0.2) is 49.6 Å². The molecule has 0 unspecified atom stereocenters. The molecule has 0 aliphatic carbocycles. The summed E-state index contributed by atoms with van der Waals surface area (Å²) >= 11 is 0. The molecule has 2 aliphatic heterocycles. The zero-order chi connectivity index (χ0) is 62.3. The summed E-state index contributed by atoms with van der Waals surface area (Å²) < 4.78 is 12.6. The highest BCUT2D eigenvalue weighted by Crippen LogP contribution is 2.38. The number of fused-ring (bicyclic) bond motifs is 8. The molecule has 16 nitrogen and oxygen atoms in total. The molecule has 9 rings (SSSR count). The van der Waals surface area contributed by atoms with E-state index in [1.807, 2.05) is 0 Å². The zero-order valence-electron chi connectivity index (χ0n) is 54.6. The van der Waals surface area contributed by atoms with Crippen LogP contribution in [0.2, 0.25) is 0 Å². The Labute approximate surface area is 524 Å². The number of aliphatic hydroxyl groups is 4. The number of aromatic amines is 2. The summed E-state index contributed by atoms with van der Waals surface area (Å²) in [7, 11) is 17.6. The number of aliphatic hydroxyl groups excluding tert-OH is 4. The van der Waals surface area contributed by atoms with Crippen LogP contribution in [-0.2, 0) is 51.9 Å². The second-order valence-electron chi connectivity index (χ2n) is 27.7. The summed E-state index contributed by atoms with van der Waals surface area (Å²) in [6.45, 7) is 11.4. The molecular formula is C72H106N12O4+8. The molecule has 0 saturated carbocycles. The lowest BCUT2D eigenvalue weighted by atomic mass is 10.0. The maximum Gasteiger partial charge on any atom is 0.176 e. The minimum Gasteiger partial charge on any atom is -0.391 e. The van der Waals surface area contributed by atoms with Gasteiger partial charge in [0.1, 0.15) is 52.4 Å². The number of rotatable bonds is 32. The predicted octanol–water partition coefficient (Wildman–Crippen LogP) is 7.10. The van der Waals surface area contributed by atoms with Gasteiger partial charge in [-0.3, -0.25) is 9.97 Å². The average Bonchev–Trinajstić information content (AvgIpc) is 1.78. The Balaban J connectivity index is 1.24. The van der Waals surface area contributed by atoms with Crippen LogP contribution in [0.5, 0.6) is 0 Å². The van der Waals surface area contributed by atoms with Crippen molar-refractivity contribution in [2.75, 3.05) is 135 Å². The van der Waals surface area contributed by atoms with E-state index in [9.17, 15) is 20.4 Å². The topological polar surface area (TPSA) is 154 Å². The summed E-state index contributed by atoms with van der Waals surface area (Å²) in [5, 5.41) is 38.9. The van der Waals surface area contributed by atoms with Gasteiger partial charge in [-0.2, -0.15) is 0 Å². The first-order chi connectivity index (χ1) is 42.4. The number of hydrogen-bond donors (Lipinski definition) is 6. The molecule has 0 aromatic carbocycles. The van der Waals surface area contributed by atoms with Crippen molar-refractivity contribution in [2.45, 2.75) is 103 Å². The summed E-state index contributed by atoms with van der Waals surface area (Å²) in [5.41, 5.74) is 17.2. The fourth-order valence-corrected chi connectivity index (χ4v) is 13.1. The molecule has 16 heteroatoms. The summed E-state index contributed by atoms with van der Waals surface area (Å²) in [5.74, 6) is 0. The SMILES string of the molecule is C[N+](C)(CCO)CCCC[n+]1cccc(-c2c3nc(c(-c4ccc[n+](CCCC[N+](C)(C)CCO)c4)c4ccc([nH]4)c(-c4ccc[n+](CCCC[N+](C)(C)CCO)c4)c4nc(c(-c5ccc[n+](CCCC[N+](C)(C)CCO)c5)c5ccc2[nH]5)CC4)CC3)c1. The van der Waals surface area contributed by atoms with Gasteiger partial charge in [0.2, 0.25) is 0 Å². The van der Waals surface area contributed by atoms with E-state index >= 15 is 0 Å². The highest BCUT2D eigenvalue weighted by Gasteiger charge is 2.26. The monoisotopic (exact) mass is 1200 g/mol. The van der Waals surface area contributed by atoms with Crippen molar-refractivity contribution in [3.05, 3.63) is 145 Å². The van der Waals surface area contributed by atoms with Crippen LogP contribution in [0.3, 0.4) is 0 Å². The molecular weight excluding hydrogens is 1100 g/mol. The molecule has 470 valence electrons. The number of nitrogens with zero attached hydrogens (tertiary/aromatic N) is 10. The van der Waals surface area contributed by atoms with Crippen molar-refractivity contribution >= 4 is 22.1 Å². The van der Waals surface area contributed by atoms with Gasteiger partial charge in [0, 0.05) is 142 Å². The molecule has 6 N–H and O–H groups in total. The van der Waals surface area contributed by atoms with Gasteiger partial charge < -0.3 is 48.3 Å². The number of aromatic nitrogens is 8. The van der Waals surface area contributed by atoms with Crippen molar-refractivity contribution in [1.82, 2.24) is 19.9 Å². The molecule has 0 fully saturated rings. The first-order valence-corrected chi connectivity index (χ1v) is 32.8. The normalized spacial score (nSPS) is 13.2. The minimum absolute atomic E-state index is 0.194. The van der Waals surface area contributed by atoms with E-state index in [1.54, 1.807) is 0 Å². The van der Waals surface area contributed by atoms with Crippen molar-refractivity contribution in [2.24, 2.45) is 0 Å². The maximum atomic E-state index is 9.72. The van der Waals surface area contributed by atoms with Crippen molar-refractivity contribution in [1.29, 1.82) is 0 Å². The summed E-state index contributed by atoms with van der Waals surface area (Å²) in [6.07, 6.45) is 29.5. The quantitative estimate of drug-likeness (QED) is 0.0151. The minimum atomic E-state index is 0.194. The summed E-state index contributed by atoms with van der Waals surface area (Å²) in [4.78, 5) is 19.8. The largest absolute Gasteiger partial charge is 0.391 e. The van der Waals surface area contributed by atoms with E-state index in [0.717, 1.165) is 263 Å². The Morgan fingerprint density at radius 2 is 0.557 bits per heavy atom. The number of unbranched alkanes of at least 4 members (excludes halogenated alkanes) is 4. The van der Waals surface area contributed by atoms with E-state index < -0.39 is 0 Å². The molecule has 0 amide bonds. The van der Waals surface area contributed by atoms with Gasteiger partial charge in [-0.05, 0) is 74.2 Å². The number of pyridine rings is 4. The number of aryl methyl sites for hydroxylation is 8. The fraction of sp³-hybridized carbons (Fsp3) is 0.500. The molecule has 2 aliphatic rings. The van der Waals surface area contributed by atoms with Crippen LogP contribution in [0.25, 0.3) is 66.6 Å². The highest BCUT2D eigenvalue weighted by molar-refractivity contribution is 5.91. The van der Waals surface area contributed by atoms with Crippen LogP contribution < -0.4 is 18.3 Å². The predicted molar refractivity (Wildman–Crippen MR) is 351 cm³/mol. The van der Waals surface area contributed by atoms with Crippen molar-refractivity contribution < 1.29 is 56.6 Å². The number of likely N-dealkylation sites (N-methyl/N-ethyl adjacent to an activating group) is 4. The number of hydrogen-bond acceptors (Lipinski definition) is 6. The third-order valence-corrected chi connectivity index (χ3v) is 18.5. The van der Waals surface area contributed by atoms with Crippen molar-refractivity contribution in [3.8, 4) is 44.5 Å². The van der Waals surface area contributed by atoms with Crippen LogP contribution in [0.15, 0.2) is 122 Å². The maximum absolute atomic E-state index is 9.72. The van der Waals surface area contributed by atoms with Crippen LogP contribution in [0.4, 0.5) is 0 Å². The average molecular weight is 1200 g/mol. The Morgan fingerprint density at radius 3 is 0.773 bits per heavy atom. The molecule has 0 atom stereocenters. The van der Waals surface area contributed by atoms with Gasteiger partial charge in [-0.1, -0.05) is 0 Å². The first-order valence-electron chi connectivity index (χ1n) is 32.8. The lowest BCUT2D eigenvalue weighted by Gasteiger charge is -2.28. The van der Waals surface area contributed by atoms with Crippen LogP contribution >= 0.6 is 0 Å². The second-order valence-corrected chi connectivity index (χ2v) is 27.7. The van der Waals surface area contributed by atoms with Crippen molar-refractivity contribution in [3.63, 3.8) is 0 Å². The molecule has 0 saturated heterocycles. The van der Waals surface area contributed by atoms with Gasteiger partial charge in [-0.15, -0.1) is 0 Å². The molecule has 9 heterocycles. The Morgan fingerprint density at radius 1 is 0.330 bits per heavy atom. The molecule has 7 aromatic heterocycles. The number of quaternary nitrogens is 4. The highest BCUT2D eigenvalue weighted by atomic mass is 16.3. The Kier molecular flexibility index (Phi) is 22.6. The third-order valence-electron chi connectivity index (χ3n) is 18.5. The zero-order valence-corrected chi connectivity index (χ0v) is 54.6. The van der Waals surface area contributed by atoms with E-state index in [2.05, 4.69) is 207 Å². The molecule has 88 heavy (non-hydrogen) atoms. The molecule has 0 radical (unpaired) electrons. The fourth-order valence-electron chi connectivity index (χ4n) is 13.1. The Hall–Kier alpha value is -6.60. The summed E-state index contributed by atoms with van der Waals surface area (Å²) in [6, 6.07) is 26.8. The lowest BCUT2D eigenvalue weighted by molar-refractivity contribution is -0.891. The van der Waals surface area contributed by atoms with E-state index in [4.69, 9.17) is 9.97 Å². The lowest BCUT2D eigenvalue weighted by Crippen LogP contribution is -2.43. The van der Waals surface area contributed by atoms with E-state index in [0.29, 0.717) is 0 Å². The van der Waals surface area contributed by atoms with Gasteiger partial charge in [0.05, 0.1) is 132 Å². The second kappa shape index (κ2) is 30.3. The van der Waals surface area contributed by atoms with Gasteiger partial charge in [-0.25, -0.2) is 18.3 Å². The van der Waals surface area contributed by atoms with Gasteiger partial charge in [0.25, 0.3) is 0 Å². The standard InChI is InChI=1S/C72H106N12O4/c1-81(2,45-49-85)41-13-9-33-77-37-17-21-57(53-77)69-61-25-27-63(73-61)70(58-22-18-38-78(54-58)34-10-14-42-82(3,4)46-50-86)65-29-31-67(75-65)72(60-24-20-40-80(56-60)36-12-16-44-84(7,8)48-52-88)68-32-30-66(76-68)71(64-28-26-62(69)74-64)59-23-19-39-79(55-59)35-11-15-43-83(5,6)47-51-87/h17-25,27,30,32,37-40,53-56,73,76,85-88H,9-16,26,28-29,31,33-36,41-52H2,1-8H3/q+8. The van der Waals surface area contributed by atoms with Crippen LogP contribution in [0.1, 0.15) is 74.1 Å². The van der Waals surface area contributed by atoms with E-state index in [1.165, 1.54) is 0 Å². The number of H-pyrrole nitrogens is 2. The third kappa shape index (κ3) is 17.8. The van der Waals surface area contributed by atoms with Gasteiger partial charge >= 0.3 is 0 Å². The number of nitrogens with one attached hydrogen (secondary N) is 2. The molecule has 8 bridgehead atoms. The van der Waals surface area contributed by atoms with E-state index in [-0.39, 0.29) is 26.4 Å². The molecule has 0 spiro atoms. The smallest absolute Gasteiger partial charge is 0.176 e. The first kappa shape index (κ1) is 65.8. The van der Waals surface area contributed by atoms with Crippen LogP contribution in [0, 0.1) is 0 Å².